The lowest BCUT2D eigenvalue weighted by atomic mass is 9.95. The van der Waals surface area contributed by atoms with Gasteiger partial charge in [0.1, 0.15) is 0 Å². The van der Waals surface area contributed by atoms with Crippen molar-refractivity contribution in [1.82, 2.24) is 9.78 Å². The molecule has 1 N–H and O–H groups in total. The number of amides is 1. The minimum atomic E-state index is -0.355. The third kappa shape index (κ3) is 3.50. The number of benzene rings is 2. The van der Waals surface area contributed by atoms with E-state index in [1.165, 1.54) is 0 Å². The van der Waals surface area contributed by atoms with Gasteiger partial charge in [-0.2, -0.15) is 5.10 Å². The Labute approximate surface area is 146 Å². The average Bonchev–Trinajstić information content (AvgIpc) is 3.01. The molecule has 0 bridgehead atoms. The predicted octanol–water partition coefficient (Wildman–Crippen LogP) is 3.52. The molecule has 5 nitrogen and oxygen atoms in total. The molecule has 0 aliphatic rings. The van der Waals surface area contributed by atoms with Crippen molar-refractivity contribution in [3.05, 3.63) is 82.5 Å². The van der Waals surface area contributed by atoms with Crippen LogP contribution in [0.1, 0.15) is 37.4 Å². The molecule has 0 aliphatic heterocycles. The molecule has 0 atom stereocenters. The minimum Gasteiger partial charge on any atom is -0.305 e. The lowest BCUT2D eigenvalue weighted by Crippen LogP contribution is -2.17. The first-order chi connectivity index (χ1) is 12.0. The molecule has 0 spiro atoms. The van der Waals surface area contributed by atoms with Crippen molar-refractivity contribution in [2.75, 3.05) is 5.32 Å². The van der Waals surface area contributed by atoms with Gasteiger partial charge in [0.15, 0.2) is 11.6 Å². The Morgan fingerprint density at radius 2 is 1.68 bits per heavy atom. The Bertz CT molecular complexity index is 957. The maximum absolute atomic E-state index is 12.9. The number of ketones is 1. The van der Waals surface area contributed by atoms with E-state index in [1.54, 1.807) is 54.3 Å². The fraction of sp³-hybridized carbons (Fsp3) is 0.150. The number of nitrogens with zero attached hydrogens (tertiary/aromatic N) is 2. The summed E-state index contributed by atoms with van der Waals surface area (Å²) in [6.45, 7) is 3.96. The third-order valence-electron chi connectivity index (χ3n) is 4.14. The number of carbonyl (C=O) groups is 2. The summed E-state index contributed by atoms with van der Waals surface area (Å²) in [6, 6.07) is 14.1. The number of hydrogen-bond donors (Lipinski definition) is 1. The van der Waals surface area contributed by atoms with Crippen molar-refractivity contribution in [2.24, 2.45) is 7.05 Å². The molecular formula is C20H19N3O2. The molecule has 126 valence electrons. The molecule has 0 fully saturated rings. The smallest absolute Gasteiger partial charge is 0.257 e. The summed E-state index contributed by atoms with van der Waals surface area (Å²) in [6.07, 6.45) is 1.74. The number of rotatable bonds is 4. The summed E-state index contributed by atoms with van der Waals surface area (Å²) in [7, 11) is 1.77. The Morgan fingerprint density at radius 1 is 0.960 bits per heavy atom. The Hall–Kier alpha value is -3.21. The number of nitrogens with one attached hydrogen (secondary N) is 1. The van der Waals surface area contributed by atoms with Crippen LogP contribution in [0.3, 0.4) is 0 Å². The van der Waals surface area contributed by atoms with Gasteiger partial charge < -0.3 is 5.32 Å². The van der Waals surface area contributed by atoms with Gasteiger partial charge in [0.05, 0.1) is 5.56 Å². The molecule has 2 aromatic carbocycles. The number of aryl methyl sites for hydroxylation is 3. The topological polar surface area (TPSA) is 64.0 Å². The molecule has 25 heavy (non-hydrogen) atoms. The van der Waals surface area contributed by atoms with E-state index in [2.05, 4.69) is 10.4 Å². The first kappa shape index (κ1) is 16.6. The minimum absolute atomic E-state index is 0.171. The Kier molecular flexibility index (Phi) is 4.48. The average molecular weight is 333 g/mol. The van der Waals surface area contributed by atoms with Crippen LogP contribution in [-0.4, -0.2) is 21.5 Å². The van der Waals surface area contributed by atoms with Gasteiger partial charge in [-0.1, -0.05) is 30.3 Å². The molecule has 3 aromatic rings. The summed E-state index contributed by atoms with van der Waals surface area (Å²) in [4.78, 5) is 25.5. The number of hydrogen-bond acceptors (Lipinski definition) is 3. The van der Waals surface area contributed by atoms with E-state index in [4.69, 9.17) is 0 Å². The third-order valence-corrected chi connectivity index (χ3v) is 4.14. The van der Waals surface area contributed by atoms with E-state index in [-0.39, 0.29) is 11.7 Å². The van der Waals surface area contributed by atoms with E-state index < -0.39 is 0 Å². The molecule has 1 aromatic heterocycles. The van der Waals surface area contributed by atoms with Crippen molar-refractivity contribution in [3.63, 3.8) is 0 Å². The lowest BCUT2D eigenvalue weighted by molar-refractivity contribution is 0.0996. The van der Waals surface area contributed by atoms with Crippen LogP contribution < -0.4 is 5.32 Å². The molecular weight excluding hydrogens is 314 g/mol. The van der Waals surface area contributed by atoms with Gasteiger partial charge in [0.2, 0.25) is 0 Å². The van der Waals surface area contributed by atoms with Crippen LogP contribution in [0.5, 0.6) is 0 Å². The molecule has 5 heteroatoms. The lowest BCUT2D eigenvalue weighted by Gasteiger charge is -2.09. The van der Waals surface area contributed by atoms with Crippen LogP contribution in [-0.2, 0) is 7.05 Å². The molecule has 1 heterocycles. The van der Waals surface area contributed by atoms with Crippen LogP contribution in [0.25, 0.3) is 0 Å². The zero-order valence-corrected chi connectivity index (χ0v) is 14.4. The van der Waals surface area contributed by atoms with Gasteiger partial charge in [-0.3, -0.25) is 14.3 Å². The second-order valence-electron chi connectivity index (χ2n) is 6.00. The number of carbonyl (C=O) groups excluding carboxylic acids is 2. The van der Waals surface area contributed by atoms with Crippen LogP contribution >= 0.6 is 0 Å². The van der Waals surface area contributed by atoms with Crippen molar-refractivity contribution in [3.8, 4) is 0 Å². The molecule has 0 radical (unpaired) electrons. The quantitative estimate of drug-likeness (QED) is 0.743. The highest BCUT2D eigenvalue weighted by Gasteiger charge is 2.19. The molecule has 0 aliphatic carbocycles. The van der Waals surface area contributed by atoms with Crippen LogP contribution in [0.2, 0.25) is 0 Å². The summed E-state index contributed by atoms with van der Waals surface area (Å²) >= 11 is 0. The highest BCUT2D eigenvalue weighted by molar-refractivity contribution is 6.17. The van der Waals surface area contributed by atoms with Gasteiger partial charge in [-0.15, -0.1) is 0 Å². The summed E-state index contributed by atoms with van der Waals surface area (Å²) in [5.41, 5.74) is 3.44. The Morgan fingerprint density at radius 3 is 2.32 bits per heavy atom. The van der Waals surface area contributed by atoms with Gasteiger partial charge in [0, 0.05) is 30.4 Å². The Balaban J connectivity index is 1.93. The fourth-order valence-corrected chi connectivity index (χ4v) is 2.58. The largest absolute Gasteiger partial charge is 0.305 e. The molecule has 0 saturated heterocycles. The van der Waals surface area contributed by atoms with Crippen molar-refractivity contribution < 1.29 is 9.59 Å². The second-order valence-corrected chi connectivity index (χ2v) is 6.00. The predicted molar refractivity (Wildman–Crippen MR) is 97.0 cm³/mol. The van der Waals surface area contributed by atoms with E-state index in [9.17, 15) is 9.59 Å². The van der Waals surface area contributed by atoms with Crippen molar-refractivity contribution in [2.45, 2.75) is 13.8 Å². The van der Waals surface area contributed by atoms with Gasteiger partial charge in [0.25, 0.3) is 5.91 Å². The molecule has 1 amide bonds. The van der Waals surface area contributed by atoms with E-state index >= 15 is 0 Å². The molecule has 3 rings (SSSR count). The molecule has 0 unspecified atom stereocenters. The van der Waals surface area contributed by atoms with E-state index in [1.807, 2.05) is 26.0 Å². The van der Waals surface area contributed by atoms with Crippen LogP contribution in [0, 0.1) is 13.8 Å². The zero-order valence-electron chi connectivity index (χ0n) is 14.4. The van der Waals surface area contributed by atoms with Gasteiger partial charge in [-0.25, -0.2) is 0 Å². The van der Waals surface area contributed by atoms with Gasteiger partial charge >= 0.3 is 0 Å². The first-order valence-corrected chi connectivity index (χ1v) is 7.97. The number of anilines is 1. The van der Waals surface area contributed by atoms with Crippen LogP contribution in [0.15, 0.2) is 54.7 Å². The monoisotopic (exact) mass is 333 g/mol. The molecule has 0 saturated carbocycles. The zero-order chi connectivity index (χ0) is 18.0. The summed E-state index contributed by atoms with van der Waals surface area (Å²) < 4.78 is 1.60. The standard InChI is InChI=1S/C20H19N3O2/c1-13-8-9-15(12-14(13)2)19(24)16-6-4-5-7-17(16)20(25)21-18-10-11-23(3)22-18/h4-12H,1-3H3,(H,21,22,25). The normalized spacial score (nSPS) is 10.5. The highest BCUT2D eigenvalue weighted by Crippen LogP contribution is 2.18. The maximum atomic E-state index is 12.9. The fourth-order valence-electron chi connectivity index (χ4n) is 2.58. The van der Waals surface area contributed by atoms with Crippen LogP contribution in [0.4, 0.5) is 5.82 Å². The van der Waals surface area contributed by atoms with E-state index in [0.717, 1.165) is 11.1 Å². The number of aromatic nitrogens is 2. The summed E-state index contributed by atoms with van der Waals surface area (Å²) in [5, 5.41) is 6.85. The SMILES string of the molecule is Cc1ccc(C(=O)c2ccccc2C(=O)Nc2ccn(C)n2)cc1C. The van der Waals surface area contributed by atoms with Gasteiger partial charge in [-0.05, 0) is 37.1 Å². The highest BCUT2D eigenvalue weighted by atomic mass is 16.2. The summed E-state index contributed by atoms with van der Waals surface area (Å²) in [5.74, 6) is -0.0812. The van der Waals surface area contributed by atoms with Crippen molar-refractivity contribution >= 4 is 17.5 Å². The maximum Gasteiger partial charge on any atom is 0.257 e. The first-order valence-electron chi connectivity index (χ1n) is 7.97. The second kappa shape index (κ2) is 6.73. The van der Waals surface area contributed by atoms with E-state index in [0.29, 0.717) is 22.5 Å². The van der Waals surface area contributed by atoms with Crippen molar-refractivity contribution in [1.29, 1.82) is 0 Å².